The first-order valence-corrected chi connectivity index (χ1v) is 10.1. The van der Waals surface area contributed by atoms with Crippen molar-refractivity contribution in [1.82, 2.24) is 5.32 Å². The minimum absolute atomic E-state index is 0.180. The summed E-state index contributed by atoms with van der Waals surface area (Å²) in [5.41, 5.74) is 0.556. The Hall–Kier alpha value is -3.20. The second-order valence-electron chi connectivity index (χ2n) is 7.68. The molecule has 3 N–H and O–H groups in total. The van der Waals surface area contributed by atoms with Crippen LogP contribution in [0.15, 0.2) is 36.4 Å². The maximum Gasteiger partial charge on any atom is 0.349 e. The normalized spacial score (nSPS) is 11.9. The van der Waals surface area contributed by atoms with E-state index in [-0.39, 0.29) is 10.8 Å². The summed E-state index contributed by atoms with van der Waals surface area (Å²) < 4.78 is 5.18. The fourth-order valence-corrected chi connectivity index (χ4v) is 3.16. The van der Waals surface area contributed by atoms with Gasteiger partial charge in [0.15, 0.2) is 6.10 Å². The van der Waals surface area contributed by atoms with E-state index in [9.17, 15) is 19.2 Å². The number of ether oxygens (including phenoxy) is 1. The molecule has 30 heavy (non-hydrogen) atoms. The Labute approximate surface area is 179 Å². The quantitative estimate of drug-likeness (QED) is 0.621. The van der Waals surface area contributed by atoms with Crippen LogP contribution in [0.1, 0.15) is 42.9 Å². The highest BCUT2D eigenvalue weighted by Gasteiger charge is 2.25. The standard InChI is InChI=1S/C21H25N3O5S/c1-12-11-15(23-19(27)21(3,4)5)30-16(12)18(26)29-13(2)17(25)24-20(28)22-14-9-7-6-8-10-14/h6-11,13H,1-5H3,(H,23,27)(H2,22,24,25,28). The van der Waals surface area contributed by atoms with Gasteiger partial charge in [-0.3, -0.25) is 14.9 Å². The Bertz CT molecular complexity index is 947. The maximum atomic E-state index is 12.4. The number of nitrogens with one attached hydrogen (secondary N) is 3. The molecule has 0 spiro atoms. The van der Waals surface area contributed by atoms with Gasteiger partial charge in [-0.2, -0.15) is 0 Å². The number of carbonyl (C=O) groups excluding carboxylic acids is 4. The molecule has 0 aliphatic heterocycles. The minimum atomic E-state index is -1.19. The molecule has 2 aromatic rings. The summed E-state index contributed by atoms with van der Waals surface area (Å²) in [4.78, 5) is 48.9. The van der Waals surface area contributed by atoms with E-state index in [0.717, 1.165) is 11.3 Å². The van der Waals surface area contributed by atoms with Gasteiger partial charge in [0.2, 0.25) is 5.91 Å². The predicted octanol–water partition coefficient (Wildman–Crippen LogP) is 3.93. The van der Waals surface area contributed by atoms with Crippen molar-refractivity contribution in [2.75, 3.05) is 10.6 Å². The lowest BCUT2D eigenvalue weighted by molar-refractivity contribution is -0.127. The molecule has 1 heterocycles. The summed E-state index contributed by atoms with van der Waals surface area (Å²) >= 11 is 1.06. The van der Waals surface area contributed by atoms with Crippen molar-refractivity contribution in [3.8, 4) is 0 Å². The van der Waals surface area contributed by atoms with Crippen LogP contribution in [0, 0.1) is 12.3 Å². The van der Waals surface area contributed by atoms with Crippen LogP contribution in [0.4, 0.5) is 15.5 Å². The average Bonchev–Trinajstić information content (AvgIpc) is 3.01. The number of rotatable bonds is 5. The van der Waals surface area contributed by atoms with Gasteiger partial charge in [-0.1, -0.05) is 39.0 Å². The molecule has 0 aliphatic carbocycles. The van der Waals surface area contributed by atoms with Crippen molar-refractivity contribution in [3.05, 3.63) is 46.8 Å². The topological polar surface area (TPSA) is 114 Å². The number of anilines is 2. The highest BCUT2D eigenvalue weighted by Crippen LogP contribution is 2.29. The summed E-state index contributed by atoms with van der Waals surface area (Å²) in [5.74, 6) is -1.65. The number of imide groups is 1. The molecule has 0 fully saturated rings. The smallest absolute Gasteiger partial charge is 0.349 e. The number of thiophene rings is 1. The fraction of sp³-hybridized carbons (Fsp3) is 0.333. The first-order chi connectivity index (χ1) is 14.0. The molecule has 1 unspecified atom stereocenters. The summed E-state index contributed by atoms with van der Waals surface area (Å²) in [6.07, 6.45) is -1.19. The van der Waals surface area contributed by atoms with E-state index in [1.165, 1.54) is 6.92 Å². The van der Waals surface area contributed by atoms with E-state index in [1.54, 1.807) is 64.1 Å². The zero-order chi connectivity index (χ0) is 22.5. The number of urea groups is 1. The van der Waals surface area contributed by atoms with Crippen LogP contribution in [0.25, 0.3) is 0 Å². The van der Waals surface area contributed by atoms with Gasteiger partial charge in [0.25, 0.3) is 5.91 Å². The zero-order valence-corrected chi connectivity index (χ0v) is 18.3. The zero-order valence-electron chi connectivity index (χ0n) is 17.5. The number of amides is 4. The number of carbonyl (C=O) groups is 4. The SMILES string of the molecule is Cc1cc(NC(=O)C(C)(C)C)sc1C(=O)OC(C)C(=O)NC(=O)Nc1ccccc1. The summed E-state index contributed by atoms with van der Waals surface area (Å²) in [6, 6.07) is 9.55. The number of benzene rings is 1. The second-order valence-corrected chi connectivity index (χ2v) is 8.74. The molecule has 2 rings (SSSR count). The molecule has 0 bridgehead atoms. The van der Waals surface area contributed by atoms with Crippen molar-refractivity contribution in [1.29, 1.82) is 0 Å². The van der Waals surface area contributed by atoms with E-state index >= 15 is 0 Å². The third-order valence-electron chi connectivity index (χ3n) is 3.94. The monoisotopic (exact) mass is 431 g/mol. The lowest BCUT2D eigenvalue weighted by Crippen LogP contribution is -2.41. The number of hydrogen-bond acceptors (Lipinski definition) is 6. The highest BCUT2D eigenvalue weighted by molar-refractivity contribution is 7.18. The molecule has 0 saturated carbocycles. The number of esters is 1. The van der Waals surface area contributed by atoms with Crippen LogP contribution in [-0.2, 0) is 14.3 Å². The molecule has 4 amide bonds. The highest BCUT2D eigenvalue weighted by atomic mass is 32.1. The largest absolute Gasteiger partial charge is 0.448 e. The molecule has 1 aromatic carbocycles. The van der Waals surface area contributed by atoms with E-state index in [2.05, 4.69) is 16.0 Å². The number of hydrogen-bond donors (Lipinski definition) is 3. The van der Waals surface area contributed by atoms with Gasteiger partial charge in [-0.25, -0.2) is 9.59 Å². The Morgan fingerprint density at radius 3 is 2.27 bits per heavy atom. The minimum Gasteiger partial charge on any atom is -0.448 e. The van der Waals surface area contributed by atoms with Crippen molar-refractivity contribution >= 4 is 45.8 Å². The average molecular weight is 432 g/mol. The van der Waals surface area contributed by atoms with E-state index in [0.29, 0.717) is 16.3 Å². The molecule has 160 valence electrons. The third kappa shape index (κ3) is 6.41. The second kappa shape index (κ2) is 9.53. The molecule has 0 saturated heterocycles. The van der Waals surface area contributed by atoms with Crippen molar-refractivity contribution in [3.63, 3.8) is 0 Å². The van der Waals surface area contributed by atoms with Crippen LogP contribution >= 0.6 is 11.3 Å². The predicted molar refractivity (Wildman–Crippen MR) is 116 cm³/mol. The van der Waals surface area contributed by atoms with Gasteiger partial charge < -0.3 is 15.4 Å². The first-order valence-electron chi connectivity index (χ1n) is 9.27. The first kappa shape index (κ1) is 23.1. The molecular formula is C21H25N3O5S. The van der Waals surface area contributed by atoms with Crippen LogP contribution in [0.2, 0.25) is 0 Å². The molecular weight excluding hydrogens is 406 g/mol. The molecule has 1 aromatic heterocycles. The van der Waals surface area contributed by atoms with E-state index in [1.807, 2.05) is 0 Å². The van der Waals surface area contributed by atoms with Gasteiger partial charge in [0.05, 0.1) is 5.00 Å². The lowest BCUT2D eigenvalue weighted by Gasteiger charge is -2.16. The Balaban J connectivity index is 1.94. The molecule has 0 radical (unpaired) electrons. The molecule has 0 aliphatic rings. The number of para-hydroxylation sites is 1. The number of aryl methyl sites for hydroxylation is 1. The molecule has 8 nitrogen and oxygen atoms in total. The summed E-state index contributed by atoms with van der Waals surface area (Å²) in [5, 5.41) is 7.91. The van der Waals surface area contributed by atoms with E-state index in [4.69, 9.17) is 4.74 Å². The van der Waals surface area contributed by atoms with Gasteiger partial charge in [-0.05, 0) is 37.6 Å². The van der Waals surface area contributed by atoms with Crippen molar-refractivity contribution < 1.29 is 23.9 Å². The van der Waals surface area contributed by atoms with Crippen LogP contribution in [-0.4, -0.2) is 29.9 Å². The van der Waals surface area contributed by atoms with Crippen molar-refractivity contribution in [2.24, 2.45) is 5.41 Å². The van der Waals surface area contributed by atoms with Gasteiger partial charge >= 0.3 is 12.0 Å². The van der Waals surface area contributed by atoms with E-state index < -0.39 is 29.4 Å². The Kier molecular flexibility index (Phi) is 7.33. The van der Waals surface area contributed by atoms with Gasteiger partial charge in [0, 0.05) is 11.1 Å². The van der Waals surface area contributed by atoms with Crippen LogP contribution in [0.3, 0.4) is 0 Å². The Morgan fingerprint density at radius 2 is 1.67 bits per heavy atom. The van der Waals surface area contributed by atoms with Crippen molar-refractivity contribution in [2.45, 2.75) is 40.7 Å². The summed E-state index contributed by atoms with van der Waals surface area (Å²) in [6.45, 7) is 8.43. The Morgan fingerprint density at radius 1 is 1.03 bits per heavy atom. The van der Waals surface area contributed by atoms with Gasteiger partial charge in [0.1, 0.15) is 4.88 Å². The lowest BCUT2D eigenvalue weighted by atomic mass is 9.96. The maximum absolute atomic E-state index is 12.4. The van der Waals surface area contributed by atoms with Gasteiger partial charge in [-0.15, -0.1) is 11.3 Å². The third-order valence-corrected chi connectivity index (χ3v) is 5.08. The fourth-order valence-electron chi connectivity index (χ4n) is 2.21. The molecule has 9 heteroatoms. The van der Waals surface area contributed by atoms with Crippen LogP contribution in [0.5, 0.6) is 0 Å². The summed E-state index contributed by atoms with van der Waals surface area (Å²) in [7, 11) is 0. The molecule has 1 atom stereocenters. The van der Waals surface area contributed by atoms with Crippen LogP contribution < -0.4 is 16.0 Å².